The van der Waals surface area contributed by atoms with Crippen molar-refractivity contribution in [1.29, 1.82) is 0 Å². The summed E-state index contributed by atoms with van der Waals surface area (Å²) in [5.74, 6) is -0.205. The molecular formula is C13H17FN2. The van der Waals surface area contributed by atoms with Crippen LogP contribution in [0.3, 0.4) is 0 Å². The standard InChI is InChI=1S/C13H17FN2/c1-8(2)16-12(9(3)15)6-10-4-5-11(14)7-13(10)16/h4-9H,15H2,1-3H3. The first-order valence-electron chi connectivity index (χ1n) is 5.56. The van der Waals surface area contributed by atoms with Gasteiger partial charge in [-0.2, -0.15) is 0 Å². The zero-order chi connectivity index (χ0) is 11.9. The summed E-state index contributed by atoms with van der Waals surface area (Å²) in [6, 6.07) is 7.13. The van der Waals surface area contributed by atoms with Crippen molar-refractivity contribution in [2.24, 2.45) is 5.73 Å². The van der Waals surface area contributed by atoms with Gasteiger partial charge < -0.3 is 10.3 Å². The molecule has 0 radical (unpaired) electrons. The van der Waals surface area contributed by atoms with Crippen LogP contribution in [0.1, 0.15) is 38.5 Å². The van der Waals surface area contributed by atoms with Crippen molar-refractivity contribution in [1.82, 2.24) is 4.57 Å². The predicted octanol–water partition coefficient (Wildman–Crippen LogP) is 3.38. The van der Waals surface area contributed by atoms with Crippen molar-refractivity contribution in [2.75, 3.05) is 0 Å². The Kier molecular flexibility index (Phi) is 2.72. The minimum Gasteiger partial charge on any atom is -0.340 e. The molecule has 2 aromatic rings. The number of aromatic nitrogens is 1. The van der Waals surface area contributed by atoms with Crippen molar-refractivity contribution >= 4 is 10.9 Å². The second kappa shape index (κ2) is 3.91. The SMILES string of the molecule is CC(N)c1cc2ccc(F)cc2n1C(C)C. The van der Waals surface area contributed by atoms with E-state index in [4.69, 9.17) is 5.73 Å². The molecule has 1 aromatic heterocycles. The van der Waals surface area contributed by atoms with Gasteiger partial charge in [-0.05, 0) is 45.0 Å². The van der Waals surface area contributed by atoms with Gasteiger partial charge in [0.05, 0.1) is 5.52 Å². The van der Waals surface area contributed by atoms with Gasteiger partial charge in [-0.1, -0.05) is 0 Å². The number of hydrogen-bond donors (Lipinski definition) is 1. The molecule has 3 heteroatoms. The second-order valence-electron chi connectivity index (χ2n) is 4.52. The lowest BCUT2D eigenvalue weighted by Crippen LogP contribution is -2.13. The zero-order valence-corrected chi connectivity index (χ0v) is 9.87. The summed E-state index contributed by atoms with van der Waals surface area (Å²) >= 11 is 0. The molecule has 0 fully saturated rings. The number of hydrogen-bond acceptors (Lipinski definition) is 1. The zero-order valence-electron chi connectivity index (χ0n) is 9.87. The number of nitrogens with zero attached hydrogens (tertiary/aromatic N) is 1. The number of rotatable bonds is 2. The molecule has 86 valence electrons. The van der Waals surface area contributed by atoms with Crippen molar-refractivity contribution in [3.8, 4) is 0 Å². The van der Waals surface area contributed by atoms with Crippen LogP contribution in [0.15, 0.2) is 24.3 Å². The summed E-state index contributed by atoms with van der Waals surface area (Å²) in [6.07, 6.45) is 0. The van der Waals surface area contributed by atoms with E-state index in [0.29, 0.717) is 0 Å². The smallest absolute Gasteiger partial charge is 0.125 e. The Hall–Kier alpha value is -1.35. The third-order valence-corrected chi connectivity index (χ3v) is 2.82. The van der Waals surface area contributed by atoms with E-state index in [9.17, 15) is 4.39 Å². The summed E-state index contributed by atoms with van der Waals surface area (Å²) in [5.41, 5.74) is 7.91. The highest BCUT2D eigenvalue weighted by Crippen LogP contribution is 2.27. The number of nitrogens with two attached hydrogens (primary N) is 1. The molecule has 0 saturated heterocycles. The second-order valence-corrected chi connectivity index (χ2v) is 4.52. The molecular weight excluding hydrogens is 203 g/mol. The van der Waals surface area contributed by atoms with Gasteiger partial charge in [-0.25, -0.2) is 4.39 Å². The molecule has 1 aromatic carbocycles. The average Bonchev–Trinajstić information content (AvgIpc) is 2.55. The number of halogens is 1. The van der Waals surface area contributed by atoms with Crippen molar-refractivity contribution in [3.63, 3.8) is 0 Å². The third kappa shape index (κ3) is 1.71. The Balaban J connectivity index is 2.77. The predicted molar refractivity (Wildman–Crippen MR) is 64.9 cm³/mol. The molecule has 0 spiro atoms. The molecule has 2 rings (SSSR count). The van der Waals surface area contributed by atoms with Gasteiger partial charge in [0.25, 0.3) is 0 Å². The van der Waals surface area contributed by atoms with Crippen molar-refractivity contribution in [2.45, 2.75) is 32.9 Å². The fourth-order valence-corrected chi connectivity index (χ4v) is 2.14. The summed E-state index contributed by atoms with van der Waals surface area (Å²) in [7, 11) is 0. The van der Waals surface area contributed by atoms with Crippen LogP contribution < -0.4 is 5.73 Å². The van der Waals surface area contributed by atoms with E-state index in [1.807, 2.05) is 13.0 Å². The molecule has 0 aliphatic carbocycles. The summed E-state index contributed by atoms with van der Waals surface area (Å²) in [4.78, 5) is 0. The fraction of sp³-hybridized carbons (Fsp3) is 0.385. The Morgan fingerprint density at radius 1 is 1.19 bits per heavy atom. The van der Waals surface area contributed by atoms with Crippen LogP contribution in [0.5, 0.6) is 0 Å². The maximum atomic E-state index is 13.2. The normalized spacial score (nSPS) is 13.6. The number of benzene rings is 1. The molecule has 0 bridgehead atoms. The molecule has 0 aliphatic heterocycles. The average molecular weight is 220 g/mol. The first-order chi connectivity index (χ1) is 7.50. The van der Waals surface area contributed by atoms with E-state index in [1.165, 1.54) is 6.07 Å². The highest BCUT2D eigenvalue weighted by Gasteiger charge is 2.14. The lowest BCUT2D eigenvalue weighted by molar-refractivity contribution is 0.568. The van der Waals surface area contributed by atoms with E-state index >= 15 is 0 Å². The van der Waals surface area contributed by atoms with Gasteiger partial charge in [-0.15, -0.1) is 0 Å². The minimum absolute atomic E-state index is 0.0436. The van der Waals surface area contributed by atoms with Gasteiger partial charge >= 0.3 is 0 Å². The van der Waals surface area contributed by atoms with E-state index in [0.717, 1.165) is 16.6 Å². The lowest BCUT2D eigenvalue weighted by Gasteiger charge is -2.16. The van der Waals surface area contributed by atoms with Gasteiger partial charge in [0.2, 0.25) is 0 Å². The van der Waals surface area contributed by atoms with Crippen molar-refractivity contribution in [3.05, 3.63) is 35.8 Å². The molecule has 1 atom stereocenters. The summed E-state index contributed by atoms with van der Waals surface area (Å²) in [5, 5.41) is 1.04. The monoisotopic (exact) mass is 220 g/mol. The van der Waals surface area contributed by atoms with E-state index in [2.05, 4.69) is 18.4 Å². The van der Waals surface area contributed by atoms with Crippen LogP contribution in [0.2, 0.25) is 0 Å². The molecule has 1 unspecified atom stereocenters. The topological polar surface area (TPSA) is 30.9 Å². The molecule has 1 heterocycles. The molecule has 0 amide bonds. The first-order valence-corrected chi connectivity index (χ1v) is 5.56. The maximum absolute atomic E-state index is 13.2. The Labute approximate surface area is 94.9 Å². The third-order valence-electron chi connectivity index (χ3n) is 2.82. The van der Waals surface area contributed by atoms with Gasteiger partial charge in [0, 0.05) is 23.2 Å². The van der Waals surface area contributed by atoms with E-state index in [1.54, 1.807) is 12.1 Å². The van der Waals surface area contributed by atoms with Gasteiger partial charge in [-0.3, -0.25) is 0 Å². The van der Waals surface area contributed by atoms with Crippen LogP contribution in [0, 0.1) is 5.82 Å². The Bertz CT molecular complexity index is 512. The first kappa shape index (κ1) is 11.1. The fourth-order valence-electron chi connectivity index (χ4n) is 2.14. The molecule has 2 N–H and O–H groups in total. The highest BCUT2D eigenvalue weighted by molar-refractivity contribution is 5.81. The molecule has 0 saturated carbocycles. The summed E-state index contributed by atoms with van der Waals surface area (Å²) in [6.45, 7) is 6.11. The highest BCUT2D eigenvalue weighted by atomic mass is 19.1. The van der Waals surface area contributed by atoms with Crippen LogP contribution in [0.4, 0.5) is 4.39 Å². The van der Waals surface area contributed by atoms with E-state index < -0.39 is 0 Å². The number of fused-ring (bicyclic) bond motifs is 1. The quantitative estimate of drug-likeness (QED) is 0.826. The van der Waals surface area contributed by atoms with Crippen LogP contribution in [0.25, 0.3) is 10.9 Å². The molecule has 0 aliphatic rings. The van der Waals surface area contributed by atoms with Crippen LogP contribution in [-0.4, -0.2) is 4.57 Å². The van der Waals surface area contributed by atoms with Crippen molar-refractivity contribution < 1.29 is 4.39 Å². The Morgan fingerprint density at radius 2 is 1.88 bits per heavy atom. The largest absolute Gasteiger partial charge is 0.340 e. The summed E-state index contributed by atoms with van der Waals surface area (Å²) < 4.78 is 15.3. The van der Waals surface area contributed by atoms with E-state index in [-0.39, 0.29) is 17.9 Å². The molecule has 2 nitrogen and oxygen atoms in total. The minimum atomic E-state index is -0.205. The van der Waals surface area contributed by atoms with Crippen LogP contribution in [-0.2, 0) is 0 Å². The maximum Gasteiger partial charge on any atom is 0.125 e. The van der Waals surface area contributed by atoms with Gasteiger partial charge in [0.15, 0.2) is 0 Å². The van der Waals surface area contributed by atoms with Gasteiger partial charge in [0.1, 0.15) is 5.82 Å². The van der Waals surface area contributed by atoms with Crippen LogP contribution >= 0.6 is 0 Å². The Morgan fingerprint density at radius 3 is 2.44 bits per heavy atom. The lowest BCUT2D eigenvalue weighted by atomic mass is 10.2. The molecule has 16 heavy (non-hydrogen) atoms.